The second kappa shape index (κ2) is 8.15. The number of hydrogen-bond donors (Lipinski definition) is 6. The van der Waals surface area contributed by atoms with Gasteiger partial charge in [0.25, 0.3) is 0 Å². The first kappa shape index (κ1) is 20.1. The van der Waals surface area contributed by atoms with Crippen LogP contribution < -0.4 is 10.1 Å². The summed E-state index contributed by atoms with van der Waals surface area (Å²) < 4.78 is 10.7. The number of aliphatic hydroxyl groups excluding tert-OH is 3. The van der Waals surface area contributed by atoms with Crippen molar-refractivity contribution in [2.75, 3.05) is 6.54 Å². The number of nitrogens with one attached hydrogen (secondary N) is 2. The maximum atomic E-state index is 11.2. The van der Waals surface area contributed by atoms with Gasteiger partial charge >= 0.3 is 5.97 Å². The van der Waals surface area contributed by atoms with Crippen molar-refractivity contribution in [3.63, 3.8) is 0 Å². The number of carboxylic acids is 1. The highest BCUT2D eigenvalue weighted by molar-refractivity contribution is 5.84. The van der Waals surface area contributed by atoms with Gasteiger partial charge in [0.05, 0.1) is 0 Å². The minimum atomic E-state index is -1.78. The van der Waals surface area contributed by atoms with Gasteiger partial charge in [0, 0.05) is 30.6 Å². The number of fused-ring (bicyclic) bond motifs is 1. The number of aromatic nitrogens is 1. The number of aliphatic hydroxyl groups is 3. The minimum Gasteiger partial charge on any atom is -0.479 e. The highest BCUT2D eigenvalue weighted by atomic mass is 16.7. The van der Waals surface area contributed by atoms with Crippen LogP contribution in [0.1, 0.15) is 12.5 Å². The number of aromatic amines is 1. The fraction of sp³-hybridized carbons (Fsp3) is 0.444. The molecular weight excluding hydrogens is 372 g/mol. The van der Waals surface area contributed by atoms with Crippen LogP contribution in [0.3, 0.4) is 0 Å². The van der Waals surface area contributed by atoms with E-state index < -0.39 is 36.7 Å². The lowest BCUT2D eigenvalue weighted by Crippen LogP contribution is -2.61. The van der Waals surface area contributed by atoms with Crippen LogP contribution >= 0.6 is 0 Å². The van der Waals surface area contributed by atoms with Crippen molar-refractivity contribution in [3.05, 3.63) is 30.0 Å². The second-order valence-corrected chi connectivity index (χ2v) is 6.61. The Morgan fingerprint density at radius 3 is 2.64 bits per heavy atom. The summed E-state index contributed by atoms with van der Waals surface area (Å²) in [5.41, 5.74) is 1.76. The van der Waals surface area contributed by atoms with Crippen molar-refractivity contribution in [2.24, 2.45) is 0 Å². The zero-order chi connectivity index (χ0) is 20.4. The van der Waals surface area contributed by atoms with Crippen LogP contribution in [0.5, 0.6) is 5.75 Å². The fourth-order valence-corrected chi connectivity index (χ4v) is 3.09. The van der Waals surface area contributed by atoms with E-state index in [0.29, 0.717) is 13.0 Å². The van der Waals surface area contributed by atoms with E-state index in [0.717, 1.165) is 16.5 Å². The first-order valence-corrected chi connectivity index (χ1v) is 8.71. The summed E-state index contributed by atoms with van der Waals surface area (Å²) in [6.45, 7) is 1.90. The molecule has 6 N–H and O–H groups in total. The molecule has 10 heteroatoms. The van der Waals surface area contributed by atoms with Crippen LogP contribution in [0.4, 0.5) is 0 Å². The maximum absolute atomic E-state index is 11.2. The number of carboxylic acid groups (broad SMARTS) is 1. The molecule has 1 aromatic carbocycles. The van der Waals surface area contributed by atoms with E-state index in [2.05, 4.69) is 10.3 Å². The van der Waals surface area contributed by atoms with Crippen LogP contribution in [-0.2, 0) is 20.7 Å². The molecule has 1 aromatic heterocycles. The van der Waals surface area contributed by atoms with Gasteiger partial charge in [0.2, 0.25) is 12.2 Å². The van der Waals surface area contributed by atoms with Crippen molar-refractivity contribution in [3.8, 4) is 5.75 Å². The smallest absolute Gasteiger partial charge is 0.335 e. The Bertz CT molecular complexity index is 866. The Labute approximate surface area is 159 Å². The summed E-state index contributed by atoms with van der Waals surface area (Å²) in [6.07, 6.45) is -5.96. The van der Waals surface area contributed by atoms with Gasteiger partial charge in [0.15, 0.2) is 6.10 Å². The largest absolute Gasteiger partial charge is 0.479 e. The molecule has 2 heterocycles. The van der Waals surface area contributed by atoms with E-state index in [1.54, 1.807) is 18.2 Å². The van der Waals surface area contributed by atoms with Crippen LogP contribution in [0.25, 0.3) is 10.9 Å². The quantitative estimate of drug-likeness (QED) is 0.368. The molecule has 1 aliphatic rings. The Morgan fingerprint density at radius 2 is 1.96 bits per heavy atom. The highest BCUT2D eigenvalue weighted by Crippen LogP contribution is 2.28. The Kier molecular flexibility index (Phi) is 5.84. The molecule has 1 aliphatic heterocycles. The van der Waals surface area contributed by atoms with E-state index >= 15 is 0 Å². The van der Waals surface area contributed by atoms with Gasteiger partial charge in [0.1, 0.15) is 24.1 Å². The number of amides is 1. The number of carbonyl (C=O) groups excluding carboxylic acids is 1. The zero-order valence-corrected chi connectivity index (χ0v) is 15.0. The lowest BCUT2D eigenvalue weighted by Gasteiger charge is -2.38. The van der Waals surface area contributed by atoms with Gasteiger partial charge in [-0.3, -0.25) is 4.79 Å². The molecular formula is C18H22N2O8. The highest BCUT2D eigenvalue weighted by Gasteiger charge is 2.48. The van der Waals surface area contributed by atoms with Gasteiger partial charge in [-0.2, -0.15) is 0 Å². The van der Waals surface area contributed by atoms with Crippen molar-refractivity contribution < 1.29 is 39.5 Å². The first-order valence-electron chi connectivity index (χ1n) is 8.71. The third-order valence-electron chi connectivity index (χ3n) is 4.57. The minimum absolute atomic E-state index is 0.124. The number of aliphatic carboxylic acids is 1. The molecule has 2 aromatic rings. The summed E-state index contributed by atoms with van der Waals surface area (Å²) in [6, 6.07) is 5.01. The summed E-state index contributed by atoms with van der Waals surface area (Å²) in [5, 5.41) is 42.3. The second-order valence-electron chi connectivity index (χ2n) is 6.61. The number of ether oxygens (including phenoxy) is 2. The molecule has 0 bridgehead atoms. The average Bonchev–Trinajstić information content (AvgIpc) is 3.04. The molecule has 3 rings (SSSR count). The van der Waals surface area contributed by atoms with Crippen LogP contribution in [-0.4, -0.2) is 74.5 Å². The van der Waals surface area contributed by atoms with Crippen LogP contribution in [0.15, 0.2) is 24.4 Å². The summed E-state index contributed by atoms with van der Waals surface area (Å²) in [5.74, 6) is -1.32. The summed E-state index contributed by atoms with van der Waals surface area (Å²) in [7, 11) is 0. The monoisotopic (exact) mass is 394 g/mol. The topological polar surface area (TPSA) is 161 Å². The van der Waals surface area contributed by atoms with Crippen molar-refractivity contribution >= 4 is 22.8 Å². The molecule has 1 saturated heterocycles. The zero-order valence-electron chi connectivity index (χ0n) is 15.0. The summed E-state index contributed by atoms with van der Waals surface area (Å²) >= 11 is 0. The molecule has 10 nitrogen and oxygen atoms in total. The molecule has 28 heavy (non-hydrogen) atoms. The lowest BCUT2D eigenvalue weighted by atomic mass is 9.99. The number of carbonyl (C=O) groups is 2. The van der Waals surface area contributed by atoms with Crippen molar-refractivity contribution in [1.29, 1.82) is 0 Å². The number of H-pyrrole nitrogens is 1. The fourth-order valence-electron chi connectivity index (χ4n) is 3.09. The molecule has 1 fully saturated rings. The molecule has 0 saturated carbocycles. The molecule has 0 aliphatic carbocycles. The lowest BCUT2D eigenvalue weighted by molar-refractivity contribution is -0.271. The van der Waals surface area contributed by atoms with Gasteiger partial charge < -0.3 is 40.2 Å². The van der Waals surface area contributed by atoms with Crippen molar-refractivity contribution in [2.45, 2.75) is 44.1 Å². The van der Waals surface area contributed by atoms with Crippen LogP contribution in [0.2, 0.25) is 0 Å². The predicted molar refractivity (Wildman–Crippen MR) is 95.6 cm³/mol. The molecule has 0 radical (unpaired) electrons. The van der Waals surface area contributed by atoms with Crippen molar-refractivity contribution in [1.82, 2.24) is 10.3 Å². The van der Waals surface area contributed by atoms with E-state index in [-0.39, 0.29) is 11.7 Å². The predicted octanol–water partition coefficient (Wildman–Crippen LogP) is -0.882. The van der Waals surface area contributed by atoms with E-state index in [1.165, 1.54) is 6.92 Å². The molecule has 5 atom stereocenters. The molecule has 152 valence electrons. The molecule has 1 amide bonds. The van der Waals surface area contributed by atoms with Gasteiger partial charge in [-0.15, -0.1) is 0 Å². The van der Waals surface area contributed by atoms with Crippen LogP contribution in [0, 0.1) is 0 Å². The van der Waals surface area contributed by atoms with E-state index in [4.69, 9.17) is 14.6 Å². The first-order chi connectivity index (χ1) is 13.3. The van der Waals surface area contributed by atoms with Gasteiger partial charge in [-0.1, -0.05) is 0 Å². The molecule has 3 unspecified atom stereocenters. The third kappa shape index (κ3) is 4.09. The van der Waals surface area contributed by atoms with E-state index in [9.17, 15) is 24.9 Å². The normalized spacial score (nSPS) is 27.5. The number of hydrogen-bond acceptors (Lipinski definition) is 7. The summed E-state index contributed by atoms with van der Waals surface area (Å²) in [4.78, 5) is 25.3. The van der Waals surface area contributed by atoms with Gasteiger partial charge in [-0.25, -0.2) is 4.79 Å². The number of benzene rings is 1. The Hall–Kier alpha value is -2.66. The third-order valence-corrected chi connectivity index (χ3v) is 4.57. The van der Waals surface area contributed by atoms with Gasteiger partial charge in [-0.05, 0) is 30.2 Å². The average molecular weight is 394 g/mol. The Balaban J connectivity index is 1.77. The standard InChI is InChI=1S/C18H22N2O8/c1-8(21)19-5-4-9-7-20-12-3-2-10(6-11(9)12)27-18-15(24)13(22)14(23)16(28-18)17(25)26/h2-3,6-7,13-16,18,20,22-24H,4-5H2,1H3,(H,19,21)(H,25,26)/t13?,14-,15?,16?,18-/m1/s1. The number of rotatable bonds is 6. The Morgan fingerprint density at radius 1 is 1.21 bits per heavy atom. The molecule has 0 spiro atoms. The maximum Gasteiger partial charge on any atom is 0.335 e. The van der Waals surface area contributed by atoms with E-state index in [1.807, 2.05) is 6.20 Å². The SMILES string of the molecule is CC(=O)NCCc1c[nH]c2ccc(O[C@@H]3OC(C(=O)O)[C@H](O)C(O)C3O)cc12.